The number of rotatable bonds is 7. The summed E-state index contributed by atoms with van der Waals surface area (Å²) in [6.45, 7) is 16.8. The van der Waals surface area contributed by atoms with Crippen molar-refractivity contribution in [2.45, 2.75) is 104 Å². The molecule has 5 heteroatoms. The van der Waals surface area contributed by atoms with Crippen LogP contribution in [0.15, 0.2) is 30.3 Å². The summed E-state index contributed by atoms with van der Waals surface area (Å²) in [7, 11) is 0. The lowest BCUT2D eigenvalue weighted by atomic mass is 9.37. The summed E-state index contributed by atoms with van der Waals surface area (Å²) < 4.78 is 5.56. The summed E-state index contributed by atoms with van der Waals surface area (Å²) in [5, 5.41) is 13.7. The molecule has 0 radical (unpaired) electrons. The van der Waals surface area contributed by atoms with Crippen LogP contribution in [0, 0.1) is 45.8 Å². The van der Waals surface area contributed by atoms with Gasteiger partial charge in [-0.15, -0.1) is 0 Å². The van der Waals surface area contributed by atoms with Crippen LogP contribution in [0.5, 0.6) is 0 Å². The largest absolute Gasteiger partial charge is 0.478 e. The third-order valence-corrected chi connectivity index (χ3v) is 14.8. The van der Waals surface area contributed by atoms with E-state index in [4.69, 9.17) is 4.74 Å². The third-order valence-electron chi connectivity index (χ3n) is 14.8. The second kappa shape index (κ2) is 11.5. The highest BCUT2D eigenvalue weighted by Gasteiger charge is 2.65. The minimum atomic E-state index is -0.847. The number of nitrogens with one attached hydrogen (secondary N) is 1. The van der Waals surface area contributed by atoms with Gasteiger partial charge in [-0.05, 0) is 146 Å². The smallest absolute Gasteiger partial charge is 0.335 e. The molecule has 0 bridgehead atoms. The first-order valence-electron chi connectivity index (χ1n) is 18.2. The normalized spacial score (nSPS) is 41.5. The van der Waals surface area contributed by atoms with Crippen molar-refractivity contribution in [3.05, 3.63) is 41.5 Å². The lowest BCUT2D eigenvalue weighted by molar-refractivity contribution is -0.172. The van der Waals surface area contributed by atoms with Crippen molar-refractivity contribution in [2.24, 2.45) is 45.8 Å². The summed E-state index contributed by atoms with van der Waals surface area (Å²) in [5.41, 5.74) is 4.27. The van der Waals surface area contributed by atoms with E-state index in [0.717, 1.165) is 56.4 Å². The maximum atomic E-state index is 11.5. The van der Waals surface area contributed by atoms with E-state index in [-0.39, 0.29) is 5.41 Å². The van der Waals surface area contributed by atoms with E-state index in [1.54, 1.807) is 12.1 Å². The van der Waals surface area contributed by atoms with E-state index in [2.05, 4.69) is 44.0 Å². The molecule has 242 valence electrons. The predicted molar refractivity (Wildman–Crippen MR) is 178 cm³/mol. The van der Waals surface area contributed by atoms with Gasteiger partial charge in [-0.1, -0.05) is 52.3 Å². The minimum Gasteiger partial charge on any atom is -0.478 e. The Labute approximate surface area is 266 Å². The van der Waals surface area contributed by atoms with Crippen LogP contribution in [0.1, 0.15) is 114 Å². The number of carbonyl (C=O) groups is 1. The number of nitrogens with zero attached hydrogens (tertiary/aromatic N) is 1. The number of carboxylic acid groups (broad SMARTS) is 1. The molecule has 7 rings (SSSR count). The fraction of sp³-hybridized carbons (Fsp3) is 0.769. The average molecular weight is 603 g/mol. The van der Waals surface area contributed by atoms with Crippen LogP contribution in [0.2, 0.25) is 0 Å². The zero-order valence-electron chi connectivity index (χ0n) is 28.0. The molecule has 1 aliphatic heterocycles. The molecule has 1 saturated heterocycles. The minimum absolute atomic E-state index is 0.0776. The third kappa shape index (κ3) is 4.94. The van der Waals surface area contributed by atoms with Gasteiger partial charge in [0.05, 0.1) is 18.8 Å². The van der Waals surface area contributed by atoms with E-state index < -0.39 is 5.97 Å². The Balaban J connectivity index is 1.07. The van der Waals surface area contributed by atoms with Gasteiger partial charge in [0, 0.05) is 18.6 Å². The first-order valence-corrected chi connectivity index (χ1v) is 18.2. The quantitative estimate of drug-likeness (QED) is 0.311. The Kier molecular flexibility index (Phi) is 8.10. The van der Waals surface area contributed by atoms with Gasteiger partial charge in [-0.3, -0.25) is 4.90 Å². The number of benzene rings is 1. The van der Waals surface area contributed by atoms with E-state index in [1.165, 1.54) is 88.4 Å². The molecule has 44 heavy (non-hydrogen) atoms. The zero-order chi connectivity index (χ0) is 30.7. The molecule has 8 atom stereocenters. The van der Waals surface area contributed by atoms with E-state index >= 15 is 0 Å². The number of ether oxygens (including phenoxy) is 1. The first kappa shape index (κ1) is 30.9. The van der Waals surface area contributed by atoms with Crippen LogP contribution < -0.4 is 5.32 Å². The van der Waals surface area contributed by atoms with Crippen molar-refractivity contribution < 1.29 is 14.6 Å². The number of hydrogen-bond donors (Lipinski definition) is 2. The number of hydrogen-bond acceptors (Lipinski definition) is 4. The fourth-order valence-corrected chi connectivity index (χ4v) is 12.9. The molecule has 4 saturated carbocycles. The Morgan fingerprint density at radius 1 is 0.909 bits per heavy atom. The molecule has 0 amide bonds. The van der Waals surface area contributed by atoms with Gasteiger partial charge in [0.2, 0.25) is 0 Å². The highest BCUT2D eigenvalue weighted by molar-refractivity contribution is 5.88. The van der Waals surface area contributed by atoms with Crippen LogP contribution in [0.25, 0.3) is 5.57 Å². The van der Waals surface area contributed by atoms with Gasteiger partial charge in [0.25, 0.3) is 0 Å². The lowest BCUT2D eigenvalue weighted by Gasteiger charge is -2.68. The Bertz CT molecular complexity index is 1250. The maximum Gasteiger partial charge on any atom is 0.335 e. The standard InChI is InChI=1S/C39H58N2O3/c1-36(2)30(27-8-10-28(11-9-27)35(42)43)14-18-38(4)33(36)16-19-37(3)31-15-20-39(40-21-6-22-41-23-25-44-26-24-41)17-5-7-32(39)29(31)12-13-34(37)38/h8-11,14,29,31-34,40H,5-7,12-13,15-26H2,1-4H3,(H,42,43). The zero-order valence-corrected chi connectivity index (χ0v) is 28.0. The number of carboxylic acids is 1. The summed E-state index contributed by atoms with van der Waals surface area (Å²) in [6.07, 6.45) is 17.6. The predicted octanol–water partition coefficient (Wildman–Crippen LogP) is 7.91. The summed E-state index contributed by atoms with van der Waals surface area (Å²) in [6, 6.07) is 7.66. The number of morpholine rings is 1. The van der Waals surface area contributed by atoms with Gasteiger partial charge in [-0.25, -0.2) is 4.79 Å². The van der Waals surface area contributed by atoms with Crippen LogP contribution in [-0.2, 0) is 4.74 Å². The van der Waals surface area contributed by atoms with Gasteiger partial charge < -0.3 is 15.2 Å². The van der Waals surface area contributed by atoms with Gasteiger partial charge >= 0.3 is 5.97 Å². The van der Waals surface area contributed by atoms with Crippen molar-refractivity contribution in [1.29, 1.82) is 0 Å². The van der Waals surface area contributed by atoms with Gasteiger partial charge in [0.1, 0.15) is 0 Å². The van der Waals surface area contributed by atoms with Crippen LogP contribution >= 0.6 is 0 Å². The van der Waals surface area contributed by atoms with Crippen molar-refractivity contribution in [3.63, 3.8) is 0 Å². The van der Waals surface area contributed by atoms with Crippen LogP contribution in [0.3, 0.4) is 0 Å². The molecular formula is C39H58N2O3. The van der Waals surface area contributed by atoms with E-state index in [0.29, 0.717) is 27.9 Å². The Morgan fingerprint density at radius 2 is 1.68 bits per heavy atom. The Hall–Kier alpha value is -1.69. The molecule has 6 aliphatic rings. The van der Waals surface area contributed by atoms with E-state index in [1.807, 2.05) is 12.1 Å². The van der Waals surface area contributed by atoms with Crippen molar-refractivity contribution in [2.75, 3.05) is 39.4 Å². The van der Waals surface area contributed by atoms with Crippen molar-refractivity contribution in [3.8, 4) is 0 Å². The summed E-state index contributed by atoms with van der Waals surface area (Å²) >= 11 is 0. The van der Waals surface area contributed by atoms with Crippen LogP contribution in [-0.4, -0.2) is 60.9 Å². The molecule has 5 fully saturated rings. The topological polar surface area (TPSA) is 61.8 Å². The molecule has 0 spiro atoms. The average Bonchev–Trinajstić information content (AvgIpc) is 3.44. The molecule has 1 aromatic rings. The number of fused-ring (bicyclic) bond motifs is 7. The summed E-state index contributed by atoms with van der Waals surface area (Å²) in [5.74, 6) is 3.25. The highest BCUT2D eigenvalue weighted by atomic mass is 16.5. The molecule has 5 nitrogen and oxygen atoms in total. The molecule has 1 heterocycles. The molecule has 5 aliphatic carbocycles. The molecular weight excluding hydrogens is 544 g/mol. The highest BCUT2D eigenvalue weighted by Crippen LogP contribution is 2.72. The monoisotopic (exact) mass is 602 g/mol. The van der Waals surface area contributed by atoms with Crippen LogP contribution in [0.4, 0.5) is 0 Å². The van der Waals surface area contributed by atoms with Crippen molar-refractivity contribution in [1.82, 2.24) is 10.2 Å². The van der Waals surface area contributed by atoms with Gasteiger partial charge in [-0.2, -0.15) is 0 Å². The lowest BCUT2D eigenvalue weighted by Crippen LogP contribution is -2.63. The van der Waals surface area contributed by atoms with Gasteiger partial charge in [0.15, 0.2) is 0 Å². The number of aromatic carboxylic acids is 1. The van der Waals surface area contributed by atoms with Crippen molar-refractivity contribution >= 4 is 11.5 Å². The Morgan fingerprint density at radius 3 is 2.43 bits per heavy atom. The molecule has 1 aromatic carbocycles. The molecule has 2 N–H and O–H groups in total. The first-order chi connectivity index (χ1) is 21.1. The second-order valence-corrected chi connectivity index (χ2v) is 16.9. The SMILES string of the molecule is CC1(C)C(c2ccc(C(=O)O)cc2)=CCC2(C)C1CCC1(C)C3CCC4(NCCCN5CCOCC5)CCCC4C3CCC12. The maximum absolute atomic E-state index is 11.5. The second-order valence-electron chi connectivity index (χ2n) is 16.9. The summed E-state index contributed by atoms with van der Waals surface area (Å²) in [4.78, 5) is 14.1. The molecule has 0 aromatic heterocycles. The fourth-order valence-electron chi connectivity index (χ4n) is 12.9. The van der Waals surface area contributed by atoms with E-state index in [9.17, 15) is 9.90 Å². The number of allylic oxidation sites excluding steroid dienone is 2. The molecule has 8 unspecified atom stereocenters.